The van der Waals surface area contributed by atoms with Crippen LogP contribution < -0.4 is 10.9 Å². The van der Waals surface area contributed by atoms with Crippen LogP contribution in [0.1, 0.15) is 5.69 Å². The lowest BCUT2D eigenvalue weighted by atomic mass is 10.2. The van der Waals surface area contributed by atoms with E-state index < -0.39 is 0 Å². The van der Waals surface area contributed by atoms with Crippen molar-refractivity contribution in [1.29, 1.82) is 0 Å². The third kappa shape index (κ3) is 2.30. The van der Waals surface area contributed by atoms with Gasteiger partial charge in [-0.05, 0) is 25.1 Å². The van der Waals surface area contributed by atoms with Crippen molar-refractivity contribution in [3.05, 3.63) is 58.5 Å². The maximum absolute atomic E-state index is 11.3. The van der Waals surface area contributed by atoms with Crippen molar-refractivity contribution >= 4 is 22.7 Å². The lowest BCUT2D eigenvalue weighted by Gasteiger charge is -2.07. The molecule has 2 N–H and O–H groups in total. The van der Waals surface area contributed by atoms with E-state index in [2.05, 4.69) is 20.3 Å². The zero-order valence-electron chi connectivity index (χ0n) is 10.3. The van der Waals surface area contributed by atoms with Gasteiger partial charge in [0.15, 0.2) is 0 Å². The Morgan fingerprint density at radius 1 is 1.05 bits per heavy atom. The van der Waals surface area contributed by atoms with Gasteiger partial charge in [-0.1, -0.05) is 18.2 Å². The Morgan fingerprint density at radius 2 is 1.84 bits per heavy atom. The minimum Gasteiger partial charge on any atom is -0.324 e. The number of aromatic amines is 1. The topological polar surface area (TPSA) is 70.7 Å². The summed E-state index contributed by atoms with van der Waals surface area (Å²) in [4.78, 5) is 22.7. The van der Waals surface area contributed by atoms with Gasteiger partial charge in [-0.15, -0.1) is 0 Å². The summed E-state index contributed by atoms with van der Waals surface area (Å²) >= 11 is 0. The third-order valence-corrected chi connectivity index (χ3v) is 2.81. The predicted octanol–water partition coefficient (Wildman–Crippen LogP) is 2.37. The molecule has 0 bridgehead atoms. The Bertz CT molecular complexity index is 780. The predicted molar refractivity (Wildman–Crippen MR) is 74.6 cm³/mol. The number of pyridine rings is 1. The van der Waals surface area contributed by atoms with Crippen molar-refractivity contribution in [2.75, 3.05) is 5.32 Å². The fourth-order valence-electron chi connectivity index (χ4n) is 1.90. The van der Waals surface area contributed by atoms with E-state index in [-0.39, 0.29) is 5.56 Å². The molecule has 0 saturated carbocycles. The molecule has 94 valence electrons. The molecule has 3 aromatic rings. The second-order valence-corrected chi connectivity index (χ2v) is 4.21. The molecule has 0 amide bonds. The zero-order chi connectivity index (χ0) is 13.2. The molecule has 0 spiro atoms. The van der Waals surface area contributed by atoms with Crippen LogP contribution in [-0.4, -0.2) is 15.0 Å². The minimum absolute atomic E-state index is 0.170. The molecule has 1 aromatic carbocycles. The first-order valence-corrected chi connectivity index (χ1v) is 5.92. The van der Waals surface area contributed by atoms with Crippen molar-refractivity contribution in [3.8, 4) is 0 Å². The zero-order valence-corrected chi connectivity index (χ0v) is 10.3. The maximum atomic E-state index is 11.3. The summed E-state index contributed by atoms with van der Waals surface area (Å²) in [6.07, 6.45) is 0. The van der Waals surface area contributed by atoms with Crippen LogP contribution in [0.15, 0.2) is 47.3 Å². The molecule has 0 unspecified atom stereocenters. The van der Waals surface area contributed by atoms with E-state index >= 15 is 0 Å². The number of aromatic nitrogens is 3. The molecule has 0 fully saturated rings. The van der Waals surface area contributed by atoms with Crippen LogP contribution in [0.2, 0.25) is 0 Å². The van der Waals surface area contributed by atoms with Gasteiger partial charge in [0.2, 0.25) is 11.5 Å². The average Bonchev–Trinajstić information content (AvgIpc) is 2.39. The van der Waals surface area contributed by atoms with E-state index in [4.69, 9.17) is 0 Å². The van der Waals surface area contributed by atoms with Gasteiger partial charge in [-0.2, -0.15) is 4.98 Å². The Labute approximate surface area is 109 Å². The van der Waals surface area contributed by atoms with Crippen LogP contribution in [0.5, 0.6) is 0 Å². The average molecular weight is 252 g/mol. The number of hydrogen-bond acceptors (Lipinski definition) is 4. The number of rotatable bonds is 2. The van der Waals surface area contributed by atoms with Gasteiger partial charge in [-0.25, -0.2) is 4.98 Å². The molecule has 0 radical (unpaired) electrons. The van der Waals surface area contributed by atoms with E-state index in [0.717, 1.165) is 16.8 Å². The number of aryl methyl sites for hydroxylation is 1. The highest BCUT2D eigenvalue weighted by Crippen LogP contribution is 2.16. The number of fused-ring (bicyclic) bond motifs is 1. The van der Waals surface area contributed by atoms with E-state index in [1.807, 2.05) is 37.3 Å². The molecule has 0 aliphatic carbocycles. The molecule has 5 nitrogen and oxygen atoms in total. The number of anilines is 2. The molecular weight excluding hydrogens is 240 g/mol. The first-order valence-electron chi connectivity index (χ1n) is 5.92. The van der Waals surface area contributed by atoms with E-state index in [9.17, 15) is 4.79 Å². The van der Waals surface area contributed by atoms with Gasteiger partial charge in [0.05, 0.1) is 5.69 Å². The Balaban J connectivity index is 2.08. The SMILES string of the molecule is Cc1nc(Nc2ccccc2)nc2[nH]c(=O)ccc12. The first-order chi connectivity index (χ1) is 9.22. The Morgan fingerprint density at radius 3 is 2.63 bits per heavy atom. The normalized spacial score (nSPS) is 10.6. The number of H-pyrrole nitrogens is 1. The second kappa shape index (κ2) is 4.53. The van der Waals surface area contributed by atoms with Gasteiger partial charge in [0.1, 0.15) is 5.65 Å². The minimum atomic E-state index is -0.170. The summed E-state index contributed by atoms with van der Waals surface area (Å²) in [7, 11) is 0. The highest BCUT2D eigenvalue weighted by Gasteiger charge is 2.05. The van der Waals surface area contributed by atoms with Crippen molar-refractivity contribution in [3.63, 3.8) is 0 Å². The lowest BCUT2D eigenvalue weighted by Crippen LogP contribution is -2.07. The molecule has 2 heterocycles. The van der Waals surface area contributed by atoms with Crippen molar-refractivity contribution in [2.24, 2.45) is 0 Å². The highest BCUT2D eigenvalue weighted by molar-refractivity contribution is 5.78. The fourth-order valence-corrected chi connectivity index (χ4v) is 1.90. The van der Waals surface area contributed by atoms with E-state index in [1.165, 1.54) is 6.07 Å². The molecule has 3 rings (SSSR count). The Kier molecular flexibility index (Phi) is 2.72. The molecule has 2 aromatic heterocycles. The van der Waals surface area contributed by atoms with Gasteiger partial charge >= 0.3 is 0 Å². The van der Waals surface area contributed by atoms with Crippen molar-refractivity contribution in [1.82, 2.24) is 15.0 Å². The van der Waals surface area contributed by atoms with Gasteiger partial charge < -0.3 is 10.3 Å². The summed E-state index contributed by atoms with van der Waals surface area (Å²) in [6, 6.07) is 12.9. The molecular formula is C14H12N4O. The standard InChI is InChI=1S/C14H12N4O/c1-9-11-7-8-12(19)17-13(11)18-14(15-9)16-10-5-3-2-4-6-10/h2-8H,1H3,(H2,15,16,17,18,19). The monoisotopic (exact) mass is 252 g/mol. The Hall–Kier alpha value is -2.69. The quantitative estimate of drug-likeness (QED) is 0.734. The van der Waals surface area contributed by atoms with Crippen LogP contribution >= 0.6 is 0 Å². The molecule has 0 aliphatic rings. The largest absolute Gasteiger partial charge is 0.324 e. The first kappa shape index (κ1) is 11.4. The van der Waals surface area contributed by atoms with Crippen LogP contribution in [0.25, 0.3) is 11.0 Å². The summed E-state index contributed by atoms with van der Waals surface area (Å²) in [6.45, 7) is 1.89. The summed E-state index contributed by atoms with van der Waals surface area (Å²) < 4.78 is 0. The number of nitrogens with zero attached hydrogens (tertiary/aromatic N) is 2. The van der Waals surface area contributed by atoms with Crippen molar-refractivity contribution in [2.45, 2.75) is 6.92 Å². The van der Waals surface area contributed by atoms with Crippen LogP contribution in [0.3, 0.4) is 0 Å². The summed E-state index contributed by atoms with van der Waals surface area (Å²) in [5.41, 5.74) is 2.09. The number of nitrogens with one attached hydrogen (secondary N) is 2. The molecule has 19 heavy (non-hydrogen) atoms. The van der Waals surface area contributed by atoms with Gasteiger partial charge in [0, 0.05) is 17.1 Å². The molecule has 5 heteroatoms. The van der Waals surface area contributed by atoms with Crippen LogP contribution in [0, 0.1) is 6.92 Å². The maximum Gasteiger partial charge on any atom is 0.249 e. The van der Waals surface area contributed by atoms with Crippen LogP contribution in [0.4, 0.5) is 11.6 Å². The van der Waals surface area contributed by atoms with Gasteiger partial charge in [0.25, 0.3) is 0 Å². The number of hydrogen-bond donors (Lipinski definition) is 2. The number of benzene rings is 1. The summed E-state index contributed by atoms with van der Waals surface area (Å²) in [5, 5.41) is 3.96. The lowest BCUT2D eigenvalue weighted by molar-refractivity contribution is 1.12. The second-order valence-electron chi connectivity index (χ2n) is 4.21. The van der Waals surface area contributed by atoms with Crippen LogP contribution in [-0.2, 0) is 0 Å². The molecule has 0 atom stereocenters. The molecule has 0 aliphatic heterocycles. The third-order valence-electron chi connectivity index (χ3n) is 2.81. The van der Waals surface area contributed by atoms with E-state index in [0.29, 0.717) is 11.6 Å². The fraction of sp³-hybridized carbons (Fsp3) is 0.0714. The summed E-state index contributed by atoms with van der Waals surface area (Å²) in [5.74, 6) is 0.470. The molecule has 0 saturated heterocycles. The smallest absolute Gasteiger partial charge is 0.249 e. The number of para-hydroxylation sites is 1. The highest BCUT2D eigenvalue weighted by atomic mass is 16.1. The van der Waals surface area contributed by atoms with Gasteiger partial charge in [-0.3, -0.25) is 4.79 Å². The van der Waals surface area contributed by atoms with Crippen molar-refractivity contribution < 1.29 is 0 Å². The van der Waals surface area contributed by atoms with E-state index in [1.54, 1.807) is 6.07 Å².